The Morgan fingerprint density at radius 3 is 2.57 bits per heavy atom. The molecule has 21 heavy (non-hydrogen) atoms. The first-order chi connectivity index (χ1) is 10.1. The molecule has 7 nitrogen and oxygen atoms in total. The predicted octanol–water partition coefficient (Wildman–Crippen LogP) is 2.33. The quantitative estimate of drug-likeness (QED) is 0.494. The largest absolute Gasteiger partial charge is 0.489 e. The van der Waals surface area contributed by atoms with Gasteiger partial charge in [0.05, 0.1) is 16.6 Å². The van der Waals surface area contributed by atoms with Crippen molar-refractivity contribution in [2.75, 3.05) is 5.43 Å². The van der Waals surface area contributed by atoms with Crippen LogP contribution in [0.4, 0.5) is 11.4 Å². The molecule has 0 aromatic heterocycles. The normalized spacial score (nSPS) is 9.71. The van der Waals surface area contributed by atoms with Crippen LogP contribution in [-0.4, -0.2) is 4.92 Å². The summed E-state index contributed by atoms with van der Waals surface area (Å²) >= 11 is 0. The summed E-state index contributed by atoms with van der Waals surface area (Å²) in [6.45, 7) is 0.178. The average molecular weight is 284 g/mol. The minimum absolute atomic E-state index is 0.113. The first-order valence-electron chi connectivity index (χ1n) is 6.01. The number of rotatable bonds is 5. The summed E-state index contributed by atoms with van der Waals surface area (Å²) in [6.07, 6.45) is 0. The molecule has 3 N–H and O–H groups in total. The van der Waals surface area contributed by atoms with Gasteiger partial charge in [-0.15, -0.1) is 0 Å². The zero-order valence-electron chi connectivity index (χ0n) is 10.9. The number of nitro groups is 1. The van der Waals surface area contributed by atoms with Crippen molar-refractivity contribution in [2.24, 2.45) is 5.84 Å². The third-order valence-electron chi connectivity index (χ3n) is 2.80. The summed E-state index contributed by atoms with van der Waals surface area (Å²) in [4.78, 5) is 10.4. The van der Waals surface area contributed by atoms with E-state index in [1.54, 1.807) is 30.3 Å². The lowest BCUT2D eigenvalue weighted by Gasteiger charge is -2.08. The van der Waals surface area contributed by atoms with Gasteiger partial charge in [0.25, 0.3) is 5.69 Å². The molecular formula is C14H12N4O3. The number of anilines is 1. The Bertz CT molecular complexity index is 692. The van der Waals surface area contributed by atoms with Gasteiger partial charge < -0.3 is 10.2 Å². The maximum atomic E-state index is 10.9. The Kier molecular flexibility index (Phi) is 4.33. The number of hydrogen-bond acceptors (Lipinski definition) is 6. The molecule has 2 aromatic rings. The number of nitrogens with two attached hydrogens (primary N) is 1. The summed E-state index contributed by atoms with van der Waals surface area (Å²) in [5, 5.41) is 19.6. The lowest BCUT2D eigenvalue weighted by molar-refractivity contribution is -0.384. The van der Waals surface area contributed by atoms with Crippen LogP contribution < -0.4 is 16.0 Å². The van der Waals surface area contributed by atoms with Gasteiger partial charge in [0, 0.05) is 6.07 Å². The van der Waals surface area contributed by atoms with Crippen LogP contribution >= 0.6 is 0 Å². The number of hydrogen-bond donors (Lipinski definition) is 2. The molecular weight excluding hydrogens is 272 g/mol. The van der Waals surface area contributed by atoms with Gasteiger partial charge in [-0.1, -0.05) is 6.07 Å². The lowest BCUT2D eigenvalue weighted by atomic mass is 10.2. The van der Waals surface area contributed by atoms with Crippen LogP contribution in [-0.2, 0) is 6.61 Å². The van der Waals surface area contributed by atoms with E-state index in [1.165, 1.54) is 12.1 Å². The van der Waals surface area contributed by atoms with Crippen molar-refractivity contribution < 1.29 is 9.66 Å². The molecule has 0 spiro atoms. The molecule has 2 aromatic carbocycles. The van der Waals surface area contributed by atoms with E-state index in [2.05, 4.69) is 5.43 Å². The molecule has 0 atom stereocenters. The Labute approximate surface area is 120 Å². The van der Waals surface area contributed by atoms with Crippen LogP contribution in [0.25, 0.3) is 0 Å². The highest BCUT2D eigenvalue weighted by Gasteiger charge is 2.13. The number of nitrogen functional groups attached to an aromatic ring is 1. The molecule has 7 heteroatoms. The SMILES string of the molecule is N#Cc1ccc(OCc2ccc(NN)c([N+](=O)[O-])c2)cc1. The fourth-order valence-corrected chi connectivity index (χ4v) is 1.73. The van der Waals surface area contributed by atoms with E-state index in [1.807, 2.05) is 6.07 Å². The van der Waals surface area contributed by atoms with E-state index in [-0.39, 0.29) is 18.0 Å². The molecule has 106 valence electrons. The fourth-order valence-electron chi connectivity index (χ4n) is 1.73. The molecule has 0 amide bonds. The number of benzene rings is 2. The molecule has 0 fully saturated rings. The van der Waals surface area contributed by atoms with Gasteiger partial charge in [-0.05, 0) is 35.9 Å². The van der Waals surface area contributed by atoms with E-state index >= 15 is 0 Å². The van der Waals surface area contributed by atoms with Crippen molar-refractivity contribution >= 4 is 11.4 Å². The monoisotopic (exact) mass is 284 g/mol. The van der Waals surface area contributed by atoms with Crippen molar-refractivity contribution in [3.8, 4) is 11.8 Å². The maximum absolute atomic E-state index is 10.9. The van der Waals surface area contributed by atoms with Crippen molar-refractivity contribution in [2.45, 2.75) is 6.61 Å². The van der Waals surface area contributed by atoms with Gasteiger partial charge >= 0.3 is 0 Å². The molecule has 0 bridgehead atoms. The number of hydrazine groups is 1. The highest BCUT2D eigenvalue weighted by atomic mass is 16.6. The molecule has 0 saturated carbocycles. The minimum atomic E-state index is -0.513. The molecule has 0 aliphatic rings. The first kappa shape index (κ1) is 14.3. The van der Waals surface area contributed by atoms with Gasteiger partial charge in [0.2, 0.25) is 0 Å². The number of nitrogens with zero attached hydrogens (tertiary/aromatic N) is 2. The van der Waals surface area contributed by atoms with Crippen LogP contribution in [0.15, 0.2) is 42.5 Å². The predicted molar refractivity (Wildman–Crippen MR) is 76.4 cm³/mol. The number of nitriles is 1. The Hall–Kier alpha value is -3.11. The van der Waals surface area contributed by atoms with Crippen LogP contribution in [0.1, 0.15) is 11.1 Å². The van der Waals surface area contributed by atoms with E-state index in [9.17, 15) is 10.1 Å². The molecule has 0 aliphatic carbocycles. The standard InChI is InChI=1S/C14H12N4O3/c15-8-10-1-4-12(5-2-10)21-9-11-3-6-13(17-16)14(7-11)18(19)20/h1-7,17H,9,16H2. The maximum Gasteiger partial charge on any atom is 0.294 e. The van der Waals surface area contributed by atoms with E-state index in [4.69, 9.17) is 15.8 Å². The molecule has 0 unspecified atom stereocenters. The third-order valence-corrected chi connectivity index (χ3v) is 2.80. The van der Waals surface area contributed by atoms with Crippen molar-refractivity contribution in [3.63, 3.8) is 0 Å². The molecule has 2 rings (SSSR count). The second-order valence-corrected chi connectivity index (χ2v) is 4.18. The van der Waals surface area contributed by atoms with Gasteiger partial charge in [0.15, 0.2) is 0 Å². The molecule has 0 radical (unpaired) electrons. The lowest BCUT2D eigenvalue weighted by Crippen LogP contribution is -2.09. The summed E-state index contributed by atoms with van der Waals surface area (Å²) in [7, 11) is 0. The fraction of sp³-hybridized carbons (Fsp3) is 0.0714. The van der Waals surface area contributed by atoms with Crippen LogP contribution in [0.5, 0.6) is 5.75 Å². The van der Waals surface area contributed by atoms with E-state index in [0.717, 1.165) is 0 Å². The van der Waals surface area contributed by atoms with E-state index < -0.39 is 4.92 Å². The Morgan fingerprint density at radius 2 is 2.00 bits per heavy atom. The highest BCUT2D eigenvalue weighted by Crippen LogP contribution is 2.25. The zero-order chi connectivity index (χ0) is 15.2. The van der Waals surface area contributed by atoms with Crippen molar-refractivity contribution in [3.05, 3.63) is 63.7 Å². The van der Waals surface area contributed by atoms with Gasteiger partial charge in [-0.2, -0.15) is 5.26 Å². The summed E-state index contributed by atoms with van der Waals surface area (Å²) in [5.41, 5.74) is 3.58. The van der Waals surface area contributed by atoms with Gasteiger partial charge in [-0.3, -0.25) is 16.0 Å². The highest BCUT2D eigenvalue weighted by molar-refractivity contribution is 5.61. The second kappa shape index (κ2) is 6.36. The first-order valence-corrected chi connectivity index (χ1v) is 6.01. The molecule has 0 saturated heterocycles. The summed E-state index contributed by atoms with van der Waals surface area (Å²) < 4.78 is 5.52. The van der Waals surface area contributed by atoms with Gasteiger partial charge in [-0.25, -0.2) is 0 Å². The number of nitro benzene ring substituents is 1. The topological polar surface area (TPSA) is 114 Å². The Morgan fingerprint density at radius 1 is 1.29 bits per heavy atom. The van der Waals surface area contributed by atoms with Crippen LogP contribution in [0.2, 0.25) is 0 Å². The third kappa shape index (κ3) is 3.46. The zero-order valence-corrected chi connectivity index (χ0v) is 10.9. The summed E-state index contributed by atoms with van der Waals surface area (Å²) in [6, 6.07) is 13.2. The smallest absolute Gasteiger partial charge is 0.294 e. The number of nitrogens with one attached hydrogen (secondary N) is 1. The Balaban J connectivity index is 2.11. The van der Waals surface area contributed by atoms with Crippen LogP contribution in [0.3, 0.4) is 0 Å². The second-order valence-electron chi connectivity index (χ2n) is 4.18. The number of ether oxygens (including phenoxy) is 1. The molecule has 0 heterocycles. The summed E-state index contributed by atoms with van der Waals surface area (Å²) in [5.74, 6) is 5.80. The van der Waals surface area contributed by atoms with E-state index in [0.29, 0.717) is 16.9 Å². The van der Waals surface area contributed by atoms with Gasteiger partial charge in [0.1, 0.15) is 18.0 Å². The molecule has 0 aliphatic heterocycles. The van der Waals surface area contributed by atoms with Crippen LogP contribution in [0, 0.1) is 21.4 Å². The van der Waals surface area contributed by atoms with Crippen molar-refractivity contribution in [1.82, 2.24) is 0 Å². The average Bonchev–Trinajstić information content (AvgIpc) is 2.53. The van der Waals surface area contributed by atoms with Crippen molar-refractivity contribution in [1.29, 1.82) is 5.26 Å². The minimum Gasteiger partial charge on any atom is -0.489 e.